The van der Waals surface area contributed by atoms with E-state index in [-0.39, 0.29) is 0 Å². The molecule has 0 unspecified atom stereocenters. The predicted molar refractivity (Wildman–Crippen MR) is 101 cm³/mol. The largest absolute Gasteiger partial charge is 0.490 e. The molecule has 0 aromatic heterocycles. The summed E-state index contributed by atoms with van der Waals surface area (Å²) in [6.07, 6.45) is 3.09. The van der Waals surface area contributed by atoms with Crippen molar-refractivity contribution in [3.63, 3.8) is 0 Å². The molecule has 0 saturated carbocycles. The quantitative estimate of drug-likeness (QED) is 0.337. The first-order valence-corrected chi connectivity index (χ1v) is 8.11. The highest BCUT2D eigenvalue weighted by Crippen LogP contribution is 2.15. The summed E-state index contributed by atoms with van der Waals surface area (Å²) >= 11 is 3.29. The lowest BCUT2D eigenvalue weighted by Gasteiger charge is -2.04. The smallest absolute Gasteiger partial charge is 0.329 e. The molecule has 0 saturated heterocycles. The van der Waals surface area contributed by atoms with E-state index in [0.717, 1.165) is 10.0 Å². The highest BCUT2D eigenvalue weighted by molar-refractivity contribution is 9.10. The molecule has 2 amide bonds. The Morgan fingerprint density at radius 2 is 1.92 bits per heavy atom. The van der Waals surface area contributed by atoms with Gasteiger partial charge in [0.2, 0.25) is 0 Å². The molecule has 0 fully saturated rings. The van der Waals surface area contributed by atoms with Crippen LogP contribution in [0, 0.1) is 0 Å². The minimum Gasteiger partial charge on any atom is -0.490 e. The lowest BCUT2D eigenvalue weighted by molar-refractivity contribution is -0.136. The fourth-order valence-electron chi connectivity index (χ4n) is 1.78. The summed E-state index contributed by atoms with van der Waals surface area (Å²) in [4.78, 5) is 23.5. The van der Waals surface area contributed by atoms with Gasteiger partial charge in [0, 0.05) is 10.2 Å². The number of hydrazone groups is 1. The van der Waals surface area contributed by atoms with Crippen LogP contribution in [0.25, 0.3) is 0 Å². The van der Waals surface area contributed by atoms with Crippen molar-refractivity contribution in [2.45, 2.75) is 0 Å². The number of carbonyl (C=O) groups excluding carboxylic acids is 2. The Morgan fingerprint density at radius 1 is 1.16 bits per heavy atom. The Kier molecular flexibility index (Phi) is 6.91. The van der Waals surface area contributed by atoms with Gasteiger partial charge in [-0.2, -0.15) is 5.10 Å². The van der Waals surface area contributed by atoms with Crippen LogP contribution < -0.4 is 15.5 Å². The molecule has 0 aliphatic heterocycles. The zero-order valence-electron chi connectivity index (χ0n) is 13.2. The molecular formula is C18H16BrN3O3. The summed E-state index contributed by atoms with van der Waals surface area (Å²) in [5, 5.41) is 6.24. The normalized spacial score (nSPS) is 10.3. The van der Waals surface area contributed by atoms with Crippen molar-refractivity contribution in [3.8, 4) is 5.75 Å². The number of nitrogens with one attached hydrogen (secondary N) is 2. The van der Waals surface area contributed by atoms with Crippen LogP contribution in [0.15, 0.2) is 70.8 Å². The number of amides is 2. The number of benzene rings is 2. The highest BCUT2D eigenvalue weighted by Gasteiger charge is 2.12. The Bertz CT molecular complexity index is 788. The fraction of sp³-hybridized carbons (Fsp3) is 0.0556. The molecule has 2 N–H and O–H groups in total. The first kappa shape index (κ1) is 18.4. The van der Waals surface area contributed by atoms with Crippen molar-refractivity contribution in [2.24, 2.45) is 5.10 Å². The first-order valence-electron chi connectivity index (χ1n) is 7.32. The predicted octanol–water partition coefficient (Wildman–Crippen LogP) is 3.10. The second-order valence-corrected chi connectivity index (χ2v) is 5.75. The molecule has 7 heteroatoms. The minimum absolute atomic E-state index is 0.427. The molecule has 0 radical (unpaired) electrons. The van der Waals surface area contributed by atoms with E-state index in [9.17, 15) is 9.59 Å². The summed E-state index contributed by atoms with van der Waals surface area (Å²) in [5.41, 5.74) is 3.43. The zero-order valence-corrected chi connectivity index (χ0v) is 14.8. The maximum atomic E-state index is 11.8. The van der Waals surface area contributed by atoms with Gasteiger partial charge in [-0.15, -0.1) is 0 Å². The van der Waals surface area contributed by atoms with Gasteiger partial charge in [0.25, 0.3) is 0 Å². The molecular weight excluding hydrogens is 386 g/mol. The molecule has 25 heavy (non-hydrogen) atoms. The number of rotatable bonds is 6. The van der Waals surface area contributed by atoms with Crippen molar-refractivity contribution < 1.29 is 14.3 Å². The number of hydrogen-bond donors (Lipinski definition) is 2. The van der Waals surface area contributed by atoms with Crippen LogP contribution in [0.3, 0.4) is 0 Å². The molecule has 0 atom stereocenters. The summed E-state index contributed by atoms with van der Waals surface area (Å²) in [6, 6.07) is 14.0. The fourth-order valence-corrected chi connectivity index (χ4v) is 2.17. The molecule has 0 bridgehead atoms. The van der Waals surface area contributed by atoms with E-state index in [1.165, 1.54) is 6.21 Å². The van der Waals surface area contributed by atoms with Gasteiger partial charge >= 0.3 is 11.8 Å². The number of anilines is 1. The summed E-state index contributed by atoms with van der Waals surface area (Å²) in [7, 11) is 0. The van der Waals surface area contributed by atoms with Gasteiger partial charge in [0.15, 0.2) is 0 Å². The van der Waals surface area contributed by atoms with Gasteiger partial charge in [-0.3, -0.25) is 9.59 Å². The SMILES string of the molecule is C=CCOc1ccc(/C=N/NC(=O)C(=O)Nc2cccc(Br)c2)cc1. The van der Waals surface area contributed by atoms with E-state index < -0.39 is 11.8 Å². The molecule has 128 valence electrons. The average Bonchev–Trinajstić information content (AvgIpc) is 2.61. The van der Waals surface area contributed by atoms with Crippen LogP contribution in [0.4, 0.5) is 5.69 Å². The second kappa shape index (κ2) is 9.39. The van der Waals surface area contributed by atoms with Crippen molar-refractivity contribution in [1.29, 1.82) is 0 Å². The van der Waals surface area contributed by atoms with Gasteiger partial charge in [-0.05, 0) is 48.0 Å². The maximum Gasteiger partial charge on any atom is 0.329 e. The molecule has 0 spiro atoms. The number of nitrogens with zero attached hydrogens (tertiary/aromatic N) is 1. The average molecular weight is 402 g/mol. The molecule has 0 aliphatic rings. The number of hydrogen-bond acceptors (Lipinski definition) is 4. The van der Waals surface area contributed by atoms with Crippen molar-refractivity contribution in [3.05, 3.63) is 71.2 Å². The highest BCUT2D eigenvalue weighted by atomic mass is 79.9. The van der Waals surface area contributed by atoms with E-state index in [0.29, 0.717) is 18.0 Å². The van der Waals surface area contributed by atoms with Crippen LogP contribution >= 0.6 is 15.9 Å². The summed E-state index contributed by atoms with van der Waals surface area (Å²) in [6.45, 7) is 4.00. The molecule has 6 nitrogen and oxygen atoms in total. The van der Waals surface area contributed by atoms with E-state index in [1.807, 2.05) is 6.07 Å². The Hall–Kier alpha value is -2.93. The zero-order chi connectivity index (χ0) is 18.1. The standard InChI is InChI=1S/C18H16BrN3O3/c1-2-10-25-16-8-6-13(7-9-16)12-20-22-18(24)17(23)21-15-5-3-4-14(19)11-15/h2-9,11-12H,1,10H2,(H,21,23)(H,22,24)/b20-12+. The van der Waals surface area contributed by atoms with Crippen molar-refractivity contribution >= 4 is 39.6 Å². The number of carbonyl (C=O) groups is 2. The van der Waals surface area contributed by atoms with Crippen LogP contribution in [0.1, 0.15) is 5.56 Å². The van der Waals surface area contributed by atoms with E-state index in [2.05, 4.69) is 38.4 Å². The van der Waals surface area contributed by atoms with Crippen molar-refractivity contribution in [1.82, 2.24) is 5.43 Å². The lowest BCUT2D eigenvalue weighted by atomic mass is 10.2. The van der Waals surface area contributed by atoms with E-state index >= 15 is 0 Å². The monoisotopic (exact) mass is 401 g/mol. The van der Waals surface area contributed by atoms with Crippen LogP contribution in [-0.4, -0.2) is 24.6 Å². The van der Waals surface area contributed by atoms with Crippen LogP contribution in [0.5, 0.6) is 5.75 Å². The van der Waals surface area contributed by atoms with Gasteiger partial charge in [-0.25, -0.2) is 5.43 Å². The third kappa shape index (κ3) is 6.23. The van der Waals surface area contributed by atoms with Crippen LogP contribution in [0.2, 0.25) is 0 Å². The second-order valence-electron chi connectivity index (χ2n) is 4.83. The number of ether oxygens (including phenoxy) is 1. The molecule has 0 aliphatic carbocycles. The summed E-state index contributed by atoms with van der Waals surface area (Å²) in [5.74, 6) is -0.958. The third-order valence-electron chi connectivity index (χ3n) is 2.92. The Labute approximate surface area is 153 Å². The third-order valence-corrected chi connectivity index (χ3v) is 3.41. The molecule has 2 rings (SSSR count). The summed E-state index contributed by atoms with van der Waals surface area (Å²) < 4.78 is 6.16. The topological polar surface area (TPSA) is 79.8 Å². The van der Waals surface area contributed by atoms with Gasteiger partial charge in [-0.1, -0.05) is 34.7 Å². The van der Waals surface area contributed by atoms with Gasteiger partial charge in [0.1, 0.15) is 12.4 Å². The lowest BCUT2D eigenvalue weighted by Crippen LogP contribution is -2.32. The minimum atomic E-state index is -0.859. The van der Waals surface area contributed by atoms with Crippen molar-refractivity contribution in [2.75, 3.05) is 11.9 Å². The van der Waals surface area contributed by atoms with E-state index in [4.69, 9.17) is 4.74 Å². The first-order chi connectivity index (χ1) is 12.1. The molecule has 2 aromatic carbocycles. The molecule has 0 heterocycles. The van der Waals surface area contributed by atoms with Gasteiger partial charge < -0.3 is 10.1 Å². The Morgan fingerprint density at radius 3 is 2.60 bits per heavy atom. The Balaban J connectivity index is 1.85. The molecule has 2 aromatic rings. The maximum absolute atomic E-state index is 11.8. The van der Waals surface area contributed by atoms with E-state index in [1.54, 1.807) is 48.5 Å². The van der Waals surface area contributed by atoms with Crippen LogP contribution in [-0.2, 0) is 9.59 Å². The van der Waals surface area contributed by atoms with Gasteiger partial charge in [0.05, 0.1) is 6.21 Å². The number of halogens is 1.